The number of ether oxygens (including phenoxy) is 3. The van der Waals surface area contributed by atoms with Crippen LogP contribution in [0.15, 0.2) is 72.3 Å². The van der Waals surface area contributed by atoms with Gasteiger partial charge in [-0.2, -0.15) is 0 Å². The first kappa shape index (κ1) is 25.5. The Morgan fingerprint density at radius 1 is 0.946 bits per heavy atom. The third-order valence-electron chi connectivity index (χ3n) is 6.18. The van der Waals surface area contributed by atoms with Crippen molar-refractivity contribution in [3.05, 3.63) is 94.6 Å². The smallest absolute Gasteiger partial charge is 0.338 e. The highest BCUT2D eigenvalue weighted by Gasteiger charge is 2.47. The molecule has 8 nitrogen and oxygen atoms in total. The molecule has 1 amide bonds. The molecule has 190 valence electrons. The van der Waals surface area contributed by atoms with Crippen LogP contribution in [0.1, 0.15) is 40.0 Å². The molecule has 1 fully saturated rings. The lowest BCUT2D eigenvalue weighted by Crippen LogP contribution is -2.29. The van der Waals surface area contributed by atoms with Gasteiger partial charge in [0.25, 0.3) is 11.7 Å². The third kappa shape index (κ3) is 4.78. The van der Waals surface area contributed by atoms with E-state index >= 15 is 0 Å². The third-order valence-corrected chi connectivity index (χ3v) is 6.18. The summed E-state index contributed by atoms with van der Waals surface area (Å²) in [7, 11) is 3.05. The molecule has 1 atom stereocenters. The van der Waals surface area contributed by atoms with Crippen LogP contribution >= 0.6 is 0 Å². The van der Waals surface area contributed by atoms with Gasteiger partial charge in [0.1, 0.15) is 17.3 Å². The van der Waals surface area contributed by atoms with Crippen molar-refractivity contribution in [2.45, 2.75) is 19.9 Å². The number of aliphatic hydroxyl groups is 1. The largest absolute Gasteiger partial charge is 0.507 e. The second-order valence-corrected chi connectivity index (χ2v) is 8.40. The SMILES string of the molecule is CCOC(=O)c1cccc(N2C(=O)C(=O)/C(=C(\O)c3ccc(OC)cc3C)C2c2cccc(OC)c2)c1. The molecule has 1 saturated heterocycles. The van der Waals surface area contributed by atoms with E-state index < -0.39 is 23.7 Å². The maximum atomic E-state index is 13.4. The fourth-order valence-corrected chi connectivity index (χ4v) is 4.40. The summed E-state index contributed by atoms with van der Waals surface area (Å²) in [5.74, 6) is -1.43. The lowest BCUT2D eigenvalue weighted by Gasteiger charge is -2.26. The Bertz CT molecular complexity index is 1410. The minimum Gasteiger partial charge on any atom is -0.507 e. The first-order valence-electron chi connectivity index (χ1n) is 11.7. The molecule has 0 bridgehead atoms. The molecule has 37 heavy (non-hydrogen) atoms. The van der Waals surface area contributed by atoms with Gasteiger partial charge >= 0.3 is 5.97 Å². The molecule has 1 aliphatic heterocycles. The second kappa shape index (κ2) is 10.6. The number of amides is 1. The highest BCUT2D eigenvalue weighted by Crippen LogP contribution is 2.43. The normalized spacial score (nSPS) is 16.5. The van der Waals surface area contributed by atoms with Gasteiger partial charge in [0.2, 0.25) is 0 Å². The molecule has 3 aromatic rings. The van der Waals surface area contributed by atoms with Gasteiger partial charge in [-0.3, -0.25) is 14.5 Å². The number of hydrogen-bond donors (Lipinski definition) is 1. The number of benzene rings is 3. The summed E-state index contributed by atoms with van der Waals surface area (Å²) in [5.41, 5.74) is 2.08. The standard InChI is InChI=1S/C29H27NO7/c1-5-37-29(34)19-9-6-10-20(15-19)30-25(18-8-7-11-21(16-18)35-3)24(27(32)28(30)33)26(31)23-13-12-22(36-4)14-17(23)2/h6-16,25,31H,5H2,1-4H3/b26-24-. The molecule has 0 spiro atoms. The van der Waals surface area contributed by atoms with E-state index in [0.717, 1.165) is 0 Å². The number of anilines is 1. The highest BCUT2D eigenvalue weighted by atomic mass is 16.5. The van der Waals surface area contributed by atoms with Crippen molar-refractivity contribution in [3.63, 3.8) is 0 Å². The monoisotopic (exact) mass is 501 g/mol. The summed E-state index contributed by atoms with van der Waals surface area (Å²) >= 11 is 0. The first-order chi connectivity index (χ1) is 17.8. The Hall–Kier alpha value is -4.59. The zero-order valence-electron chi connectivity index (χ0n) is 21.0. The zero-order valence-corrected chi connectivity index (χ0v) is 21.0. The fraction of sp³-hybridized carbons (Fsp3) is 0.207. The number of hydrogen-bond acceptors (Lipinski definition) is 7. The van der Waals surface area contributed by atoms with Crippen LogP contribution in [-0.2, 0) is 14.3 Å². The second-order valence-electron chi connectivity index (χ2n) is 8.40. The Morgan fingerprint density at radius 3 is 2.32 bits per heavy atom. The van der Waals surface area contributed by atoms with Gasteiger partial charge in [-0.25, -0.2) is 4.79 Å². The van der Waals surface area contributed by atoms with Crippen LogP contribution < -0.4 is 14.4 Å². The molecular formula is C29H27NO7. The Morgan fingerprint density at radius 2 is 1.65 bits per heavy atom. The van der Waals surface area contributed by atoms with Crippen molar-refractivity contribution in [1.29, 1.82) is 0 Å². The van der Waals surface area contributed by atoms with E-state index in [1.54, 1.807) is 74.5 Å². The average Bonchev–Trinajstić information content (AvgIpc) is 3.18. The average molecular weight is 502 g/mol. The van der Waals surface area contributed by atoms with Crippen molar-refractivity contribution in [3.8, 4) is 11.5 Å². The molecule has 3 aromatic carbocycles. The summed E-state index contributed by atoms with van der Waals surface area (Å²) in [6.45, 7) is 3.67. The molecule has 4 rings (SSSR count). The fourth-order valence-electron chi connectivity index (χ4n) is 4.40. The molecule has 1 unspecified atom stereocenters. The van der Waals surface area contributed by atoms with Gasteiger partial charge in [0, 0.05) is 11.3 Å². The highest BCUT2D eigenvalue weighted by molar-refractivity contribution is 6.51. The summed E-state index contributed by atoms with van der Waals surface area (Å²) in [4.78, 5) is 40.5. The lowest BCUT2D eigenvalue weighted by atomic mass is 9.93. The van der Waals surface area contributed by atoms with E-state index in [4.69, 9.17) is 14.2 Å². The molecular weight excluding hydrogens is 474 g/mol. The van der Waals surface area contributed by atoms with Crippen LogP contribution in [0.4, 0.5) is 5.69 Å². The molecule has 0 aliphatic carbocycles. The number of Topliss-reactive ketones (excluding diaryl/α,β-unsaturated/α-hetero) is 1. The van der Waals surface area contributed by atoms with E-state index in [2.05, 4.69) is 0 Å². The number of rotatable bonds is 7. The van der Waals surface area contributed by atoms with Crippen molar-refractivity contribution in [2.75, 3.05) is 25.7 Å². The predicted molar refractivity (Wildman–Crippen MR) is 138 cm³/mol. The Kier molecular flexibility index (Phi) is 7.29. The summed E-state index contributed by atoms with van der Waals surface area (Å²) < 4.78 is 15.7. The van der Waals surface area contributed by atoms with Crippen LogP contribution in [0.5, 0.6) is 11.5 Å². The molecule has 1 heterocycles. The van der Waals surface area contributed by atoms with E-state index in [1.165, 1.54) is 25.2 Å². The van der Waals surface area contributed by atoms with Crippen molar-refractivity contribution >= 4 is 29.1 Å². The van der Waals surface area contributed by atoms with Crippen LogP contribution in [0.25, 0.3) is 5.76 Å². The molecule has 0 saturated carbocycles. The zero-order chi connectivity index (χ0) is 26.7. The minimum atomic E-state index is -0.978. The Balaban J connectivity index is 1.94. The predicted octanol–water partition coefficient (Wildman–Crippen LogP) is 4.82. The summed E-state index contributed by atoms with van der Waals surface area (Å²) in [6.07, 6.45) is 0. The van der Waals surface area contributed by atoms with Crippen LogP contribution in [0.3, 0.4) is 0 Å². The quantitative estimate of drug-likeness (QED) is 0.214. The number of ketones is 1. The van der Waals surface area contributed by atoms with Gasteiger partial charge in [-0.05, 0) is 73.5 Å². The molecule has 1 aliphatic rings. The number of aryl methyl sites for hydroxylation is 1. The lowest BCUT2D eigenvalue weighted by molar-refractivity contribution is -0.132. The molecule has 8 heteroatoms. The number of nitrogens with zero attached hydrogens (tertiary/aromatic N) is 1. The number of carbonyl (C=O) groups is 3. The number of carbonyl (C=O) groups excluding carboxylic acids is 3. The summed E-state index contributed by atoms with van der Waals surface area (Å²) in [5, 5.41) is 11.4. The first-order valence-corrected chi connectivity index (χ1v) is 11.7. The summed E-state index contributed by atoms with van der Waals surface area (Å²) in [6, 6.07) is 17.3. The van der Waals surface area contributed by atoms with E-state index in [-0.39, 0.29) is 23.5 Å². The van der Waals surface area contributed by atoms with Crippen LogP contribution in [0.2, 0.25) is 0 Å². The van der Waals surface area contributed by atoms with Gasteiger partial charge in [-0.15, -0.1) is 0 Å². The van der Waals surface area contributed by atoms with E-state index in [9.17, 15) is 19.5 Å². The van der Waals surface area contributed by atoms with Crippen molar-refractivity contribution < 1.29 is 33.7 Å². The van der Waals surface area contributed by atoms with Crippen LogP contribution in [0, 0.1) is 6.92 Å². The molecule has 0 radical (unpaired) electrons. The van der Waals surface area contributed by atoms with Crippen molar-refractivity contribution in [2.24, 2.45) is 0 Å². The van der Waals surface area contributed by atoms with Gasteiger partial charge in [-0.1, -0.05) is 18.2 Å². The Labute approximate surface area is 214 Å². The van der Waals surface area contributed by atoms with Crippen molar-refractivity contribution in [1.82, 2.24) is 0 Å². The maximum absolute atomic E-state index is 13.4. The van der Waals surface area contributed by atoms with Gasteiger partial charge < -0.3 is 19.3 Å². The maximum Gasteiger partial charge on any atom is 0.338 e. The van der Waals surface area contributed by atoms with E-state index in [0.29, 0.717) is 33.9 Å². The number of aliphatic hydroxyl groups excluding tert-OH is 1. The minimum absolute atomic E-state index is 0.0759. The van der Waals surface area contributed by atoms with Crippen LogP contribution in [-0.4, -0.2) is 43.6 Å². The number of methoxy groups -OCH3 is 2. The van der Waals surface area contributed by atoms with Gasteiger partial charge in [0.15, 0.2) is 0 Å². The number of esters is 1. The topological polar surface area (TPSA) is 102 Å². The van der Waals surface area contributed by atoms with Gasteiger partial charge in [0.05, 0.1) is 38.0 Å². The van der Waals surface area contributed by atoms with E-state index in [1.807, 2.05) is 0 Å². The molecule has 1 N–H and O–H groups in total. The molecule has 0 aromatic heterocycles.